The maximum absolute atomic E-state index is 13.3. The lowest BCUT2D eigenvalue weighted by Gasteiger charge is -2.11. The Kier molecular flexibility index (Phi) is 5.71. The van der Waals surface area contributed by atoms with Crippen molar-refractivity contribution in [3.05, 3.63) is 30.1 Å². The Morgan fingerprint density at radius 3 is 2.72 bits per heavy atom. The van der Waals surface area contributed by atoms with Crippen LogP contribution in [-0.2, 0) is 0 Å². The van der Waals surface area contributed by atoms with Crippen molar-refractivity contribution >= 4 is 28.7 Å². The fraction of sp³-hybridized carbons (Fsp3) is 0.385. The first kappa shape index (κ1) is 14.6. The van der Waals surface area contributed by atoms with Crippen LogP contribution in [0.4, 0.5) is 10.1 Å². The highest BCUT2D eigenvalue weighted by molar-refractivity contribution is 7.80. The summed E-state index contributed by atoms with van der Waals surface area (Å²) < 4.78 is 13.3. The predicted molar refractivity (Wildman–Crippen MR) is 78.3 cm³/mol. The quantitative estimate of drug-likeness (QED) is 0.498. The zero-order chi connectivity index (χ0) is 13.5. The van der Waals surface area contributed by atoms with E-state index in [1.807, 2.05) is 6.92 Å². The van der Waals surface area contributed by atoms with Crippen LogP contribution in [0.25, 0.3) is 0 Å². The smallest absolute Gasteiger partial charge is 0.191 e. The molecule has 5 heteroatoms. The van der Waals surface area contributed by atoms with Crippen LogP contribution >= 0.6 is 12.2 Å². The molecule has 0 saturated heterocycles. The number of rotatable bonds is 4. The van der Waals surface area contributed by atoms with Gasteiger partial charge < -0.3 is 5.32 Å². The van der Waals surface area contributed by atoms with E-state index < -0.39 is 0 Å². The standard InChI is InChI=1S/C13H18FN3S/c1-4-9(2)10(3)16-17-13(18)15-12-8-6-5-7-11(12)14/h5-9H,4H2,1-3H3,(H2,15,17,18)/b16-10-/t9-/m1/s1. The van der Waals surface area contributed by atoms with Crippen molar-refractivity contribution < 1.29 is 4.39 Å². The second-order valence-electron chi connectivity index (χ2n) is 4.11. The van der Waals surface area contributed by atoms with Gasteiger partial charge >= 0.3 is 0 Å². The second kappa shape index (κ2) is 7.06. The van der Waals surface area contributed by atoms with Crippen LogP contribution < -0.4 is 10.7 Å². The number of hydrogen-bond acceptors (Lipinski definition) is 2. The fourth-order valence-electron chi connectivity index (χ4n) is 1.26. The van der Waals surface area contributed by atoms with Gasteiger partial charge in [0.1, 0.15) is 5.82 Å². The van der Waals surface area contributed by atoms with E-state index in [1.54, 1.807) is 18.2 Å². The van der Waals surface area contributed by atoms with Crippen LogP contribution in [0.2, 0.25) is 0 Å². The highest BCUT2D eigenvalue weighted by Gasteiger charge is 2.04. The maximum Gasteiger partial charge on any atom is 0.191 e. The Morgan fingerprint density at radius 2 is 2.11 bits per heavy atom. The molecule has 0 fully saturated rings. The first-order valence-electron chi connectivity index (χ1n) is 5.90. The van der Waals surface area contributed by atoms with Gasteiger partial charge in [0.05, 0.1) is 5.69 Å². The molecule has 98 valence electrons. The van der Waals surface area contributed by atoms with E-state index in [1.165, 1.54) is 6.07 Å². The molecule has 1 atom stereocenters. The molecule has 0 aromatic heterocycles. The van der Waals surface area contributed by atoms with E-state index >= 15 is 0 Å². The van der Waals surface area contributed by atoms with Crippen molar-refractivity contribution in [2.75, 3.05) is 5.32 Å². The molecular weight excluding hydrogens is 249 g/mol. The van der Waals surface area contributed by atoms with Gasteiger partial charge in [0.2, 0.25) is 0 Å². The Morgan fingerprint density at radius 1 is 1.44 bits per heavy atom. The van der Waals surface area contributed by atoms with Crippen LogP contribution in [-0.4, -0.2) is 10.8 Å². The monoisotopic (exact) mass is 267 g/mol. The minimum Gasteiger partial charge on any atom is -0.329 e. The zero-order valence-corrected chi connectivity index (χ0v) is 11.6. The van der Waals surface area contributed by atoms with Crippen LogP contribution in [0, 0.1) is 11.7 Å². The molecule has 0 bridgehead atoms. The summed E-state index contributed by atoms with van der Waals surface area (Å²) in [5.74, 6) is 0.0537. The number of halogens is 1. The van der Waals surface area contributed by atoms with Crippen molar-refractivity contribution in [1.29, 1.82) is 0 Å². The molecule has 0 aliphatic carbocycles. The number of anilines is 1. The largest absolute Gasteiger partial charge is 0.329 e. The molecule has 0 aliphatic heterocycles. The summed E-state index contributed by atoms with van der Waals surface area (Å²) >= 11 is 5.04. The average Bonchev–Trinajstić information content (AvgIpc) is 2.37. The van der Waals surface area contributed by atoms with Gasteiger partial charge in [0.15, 0.2) is 5.11 Å². The van der Waals surface area contributed by atoms with Gasteiger partial charge in [-0.25, -0.2) is 4.39 Å². The van der Waals surface area contributed by atoms with Crippen molar-refractivity contribution in [2.45, 2.75) is 27.2 Å². The molecule has 2 N–H and O–H groups in total. The van der Waals surface area contributed by atoms with E-state index in [-0.39, 0.29) is 10.9 Å². The van der Waals surface area contributed by atoms with Crippen molar-refractivity contribution in [3.63, 3.8) is 0 Å². The van der Waals surface area contributed by atoms with Crippen LogP contribution in [0.5, 0.6) is 0 Å². The Bertz CT molecular complexity index is 446. The molecule has 0 amide bonds. The number of nitrogens with zero attached hydrogens (tertiary/aromatic N) is 1. The first-order chi connectivity index (χ1) is 8.54. The van der Waals surface area contributed by atoms with E-state index in [4.69, 9.17) is 12.2 Å². The summed E-state index contributed by atoms with van der Waals surface area (Å²) in [6.45, 7) is 6.13. The average molecular weight is 267 g/mol. The Labute approximate surface area is 112 Å². The third-order valence-corrected chi connectivity index (χ3v) is 2.97. The molecule has 0 saturated carbocycles. The molecule has 3 nitrogen and oxygen atoms in total. The maximum atomic E-state index is 13.3. The molecule has 0 spiro atoms. The second-order valence-corrected chi connectivity index (χ2v) is 4.52. The number of thiocarbonyl (C=S) groups is 1. The van der Waals surface area contributed by atoms with E-state index in [9.17, 15) is 4.39 Å². The number of benzene rings is 1. The van der Waals surface area contributed by atoms with Crippen LogP contribution in [0.3, 0.4) is 0 Å². The Hall–Kier alpha value is -1.49. The van der Waals surface area contributed by atoms with Crippen molar-refractivity contribution in [2.24, 2.45) is 11.0 Å². The molecule has 0 aliphatic rings. The first-order valence-corrected chi connectivity index (χ1v) is 6.31. The van der Waals surface area contributed by atoms with Crippen molar-refractivity contribution in [1.82, 2.24) is 5.43 Å². The van der Waals surface area contributed by atoms with Gasteiger partial charge in [-0.3, -0.25) is 5.43 Å². The number of para-hydroxylation sites is 1. The highest BCUT2D eigenvalue weighted by atomic mass is 32.1. The SMILES string of the molecule is CC[C@@H](C)/C(C)=N\NC(=S)Nc1ccccc1F. The molecular formula is C13H18FN3S. The lowest BCUT2D eigenvalue weighted by Crippen LogP contribution is -2.26. The zero-order valence-electron chi connectivity index (χ0n) is 10.8. The van der Waals surface area contributed by atoms with Gasteiger partial charge in [-0.2, -0.15) is 5.10 Å². The van der Waals surface area contributed by atoms with E-state index in [0.29, 0.717) is 11.6 Å². The van der Waals surface area contributed by atoms with E-state index in [0.717, 1.165) is 12.1 Å². The van der Waals surface area contributed by atoms with Crippen LogP contribution in [0.15, 0.2) is 29.4 Å². The van der Waals surface area contributed by atoms with Gasteiger partial charge in [0, 0.05) is 5.71 Å². The molecule has 1 aromatic carbocycles. The normalized spacial score (nSPS) is 13.0. The molecule has 1 rings (SSSR count). The molecule has 18 heavy (non-hydrogen) atoms. The minimum atomic E-state index is -0.343. The fourth-order valence-corrected chi connectivity index (χ4v) is 1.41. The summed E-state index contributed by atoms with van der Waals surface area (Å²) in [5.41, 5.74) is 4.02. The molecule has 0 heterocycles. The highest BCUT2D eigenvalue weighted by Crippen LogP contribution is 2.11. The predicted octanol–water partition coefficient (Wildman–Crippen LogP) is 3.53. The summed E-state index contributed by atoms with van der Waals surface area (Å²) in [6, 6.07) is 6.36. The molecule has 0 radical (unpaired) electrons. The van der Waals surface area contributed by atoms with Gasteiger partial charge in [-0.15, -0.1) is 0 Å². The van der Waals surface area contributed by atoms with E-state index in [2.05, 4.69) is 29.7 Å². The third-order valence-electron chi connectivity index (χ3n) is 2.78. The number of nitrogens with one attached hydrogen (secondary N) is 2. The van der Waals surface area contributed by atoms with Crippen molar-refractivity contribution in [3.8, 4) is 0 Å². The lowest BCUT2D eigenvalue weighted by molar-refractivity contribution is 0.632. The summed E-state index contributed by atoms with van der Waals surface area (Å²) in [7, 11) is 0. The summed E-state index contributed by atoms with van der Waals surface area (Å²) in [4.78, 5) is 0. The van der Waals surface area contributed by atoms with Gasteiger partial charge in [0.25, 0.3) is 0 Å². The number of hydrazone groups is 1. The van der Waals surface area contributed by atoms with Gasteiger partial charge in [-0.1, -0.05) is 26.0 Å². The Balaban J connectivity index is 2.55. The minimum absolute atomic E-state index is 0.280. The summed E-state index contributed by atoms with van der Waals surface area (Å²) in [6.07, 6.45) is 1.02. The molecule has 0 unspecified atom stereocenters. The van der Waals surface area contributed by atoms with Crippen LogP contribution in [0.1, 0.15) is 27.2 Å². The molecule has 1 aromatic rings. The third kappa shape index (κ3) is 4.41. The summed E-state index contributed by atoms with van der Waals surface area (Å²) in [5, 5.41) is 7.20. The topological polar surface area (TPSA) is 36.4 Å². The lowest BCUT2D eigenvalue weighted by atomic mass is 10.1. The number of hydrogen-bond donors (Lipinski definition) is 2. The van der Waals surface area contributed by atoms with Gasteiger partial charge in [-0.05, 0) is 43.6 Å².